The molecular formula is C26H31NO6. The molecule has 2 aromatic carbocycles. The van der Waals surface area contributed by atoms with Crippen molar-refractivity contribution in [3.05, 3.63) is 65.2 Å². The SMILES string of the molecule is CCCCN1C(=O)C(=O)/C(=C(\O)c2cccc(OC(C)C)c2)C1c1cccc(OCCO)c1. The fourth-order valence-corrected chi connectivity index (χ4v) is 3.87. The molecule has 2 N–H and O–H groups in total. The van der Waals surface area contributed by atoms with E-state index in [1.165, 1.54) is 4.90 Å². The molecule has 33 heavy (non-hydrogen) atoms. The summed E-state index contributed by atoms with van der Waals surface area (Å²) in [5, 5.41) is 20.3. The minimum Gasteiger partial charge on any atom is -0.507 e. The Morgan fingerprint density at radius 3 is 2.52 bits per heavy atom. The van der Waals surface area contributed by atoms with Gasteiger partial charge in [0.1, 0.15) is 23.9 Å². The van der Waals surface area contributed by atoms with Gasteiger partial charge in [0.25, 0.3) is 11.7 Å². The van der Waals surface area contributed by atoms with Gasteiger partial charge < -0.3 is 24.6 Å². The molecule has 1 saturated heterocycles. The van der Waals surface area contributed by atoms with E-state index in [2.05, 4.69) is 0 Å². The van der Waals surface area contributed by atoms with Crippen LogP contribution in [0.4, 0.5) is 0 Å². The number of nitrogens with zero attached hydrogens (tertiary/aromatic N) is 1. The number of hydrogen-bond acceptors (Lipinski definition) is 6. The number of aliphatic hydroxyl groups excluding tert-OH is 2. The third-order valence-electron chi connectivity index (χ3n) is 5.31. The van der Waals surface area contributed by atoms with Crippen LogP contribution in [-0.4, -0.2) is 52.7 Å². The number of carbonyl (C=O) groups excluding carboxylic acids is 2. The van der Waals surface area contributed by atoms with Gasteiger partial charge in [0.2, 0.25) is 0 Å². The minimum atomic E-state index is -0.746. The maximum absolute atomic E-state index is 13.1. The van der Waals surface area contributed by atoms with E-state index >= 15 is 0 Å². The zero-order valence-corrected chi connectivity index (χ0v) is 19.3. The fraction of sp³-hybridized carbons (Fsp3) is 0.385. The molecule has 1 unspecified atom stereocenters. The highest BCUT2D eigenvalue weighted by molar-refractivity contribution is 6.46. The maximum Gasteiger partial charge on any atom is 0.295 e. The zero-order chi connectivity index (χ0) is 24.0. The molecule has 2 aromatic rings. The van der Waals surface area contributed by atoms with Crippen LogP contribution in [0.3, 0.4) is 0 Å². The van der Waals surface area contributed by atoms with Crippen molar-refractivity contribution in [2.75, 3.05) is 19.8 Å². The Kier molecular flexibility index (Phi) is 8.11. The summed E-state index contributed by atoms with van der Waals surface area (Å²) >= 11 is 0. The number of Topliss-reactive ketones (excluding diaryl/α,β-unsaturated/α-hetero) is 1. The van der Waals surface area contributed by atoms with Crippen LogP contribution in [0, 0.1) is 0 Å². The normalized spacial score (nSPS) is 17.6. The predicted octanol–water partition coefficient (Wildman–Crippen LogP) is 4.07. The van der Waals surface area contributed by atoms with Gasteiger partial charge >= 0.3 is 0 Å². The van der Waals surface area contributed by atoms with E-state index < -0.39 is 17.7 Å². The second-order valence-corrected chi connectivity index (χ2v) is 8.19. The second-order valence-electron chi connectivity index (χ2n) is 8.19. The van der Waals surface area contributed by atoms with Crippen molar-refractivity contribution in [3.63, 3.8) is 0 Å². The molecule has 0 aliphatic carbocycles. The summed E-state index contributed by atoms with van der Waals surface area (Å²) < 4.78 is 11.2. The summed E-state index contributed by atoms with van der Waals surface area (Å²) in [4.78, 5) is 27.6. The molecule has 176 valence electrons. The monoisotopic (exact) mass is 453 g/mol. The van der Waals surface area contributed by atoms with Gasteiger partial charge in [-0.2, -0.15) is 0 Å². The molecule has 3 rings (SSSR count). The van der Waals surface area contributed by atoms with Crippen molar-refractivity contribution < 1.29 is 29.3 Å². The fourth-order valence-electron chi connectivity index (χ4n) is 3.87. The molecule has 1 fully saturated rings. The molecule has 0 radical (unpaired) electrons. The molecule has 0 spiro atoms. The van der Waals surface area contributed by atoms with Gasteiger partial charge in [-0.15, -0.1) is 0 Å². The molecule has 7 heteroatoms. The number of hydrogen-bond donors (Lipinski definition) is 2. The standard InChI is InChI=1S/C26H31NO6/c1-4-5-12-27-23(18-8-6-10-20(15-18)32-14-13-28)22(25(30)26(27)31)24(29)19-9-7-11-21(16-19)33-17(2)3/h6-11,15-17,23,28-29H,4-5,12-14H2,1-3H3/b24-22-. The van der Waals surface area contributed by atoms with Crippen molar-refractivity contribution >= 4 is 17.4 Å². The topological polar surface area (TPSA) is 96.3 Å². The summed E-state index contributed by atoms with van der Waals surface area (Å²) in [5.41, 5.74) is 1.09. The molecule has 7 nitrogen and oxygen atoms in total. The lowest BCUT2D eigenvalue weighted by Gasteiger charge is -2.25. The van der Waals surface area contributed by atoms with Crippen molar-refractivity contribution in [2.24, 2.45) is 0 Å². The zero-order valence-electron chi connectivity index (χ0n) is 19.3. The van der Waals surface area contributed by atoms with Gasteiger partial charge in [0.05, 0.1) is 24.3 Å². The molecule has 1 atom stereocenters. The van der Waals surface area contributed by atoms with Gasteiger partial charge in [-0.25, -0.2) is 0 Å². The number of amides is 1. The van der Waals surface area contributed by atoms with Gasteiger partial charge in [0.15, 0.2) is 0 Å². The van der Waals surface area contributed by atoms with E-state index in [9.17, 15) is 14.7 Å². The maximum atomic E-state index is 13.1. The van der Waals surface area contributed by atoms with Gasteiger partial charge in [-0.1, -0.05) is 37.6 Å². The molecule has 1 aliphatic rings. The minimum absolute atomic E-state index is 0.0390. The number of ketones is 1. The van der Waals surface area contributed by atoms with E-state index in [-0.39, 0.29) is 30.6 Å². The Labute approximate surface area is 194 Å². The summed E-state index contributed by atoms with van der Waals surface area (Å²) in [6.07, 6.45) is 1.52. The molecule has 0 saturated carbocycles. The Bertz CT molecular complexity index is 1030. The highest BCUT2D eigenvalue weighted by Gasteiger charge is 2.45. The molecule has 0 aromatic heterocycles. The third-order valence-corrected chi connectivity index (χ3v) is 5.31. The number of ether oxygens (including phenoxy) is 2. The van der Waals surface area contributed by atoms with Crippen molar-refractivity contribution in [3.8, 4) is 11.5 Å². The number of likely N-dealkylation sites (tertiary alicyclic amines) is 1. The summed E-state index contributed by atoms with van der Waals surface area (Å²) in [5.74, 6) is -0.523. The van der Waals surface area contributed by atoms with Crippen molar-refractivity contribution in [1.29, 1.82) is 0 Å². The lowest BCUT2D eigenvalue weighted by Crippen LogP contribution is -2.30. The van der Waals surface area contributed by atoms with E-state index in [0.29, 0.717) is 29.2 Å². The van der Waals surface area contributed by atoms with Crippen LogP contribution in [0.2, 0.25) is 0 Å². The number of carbonyl (C=O) groups is 2. The van der Waals surface area contributed by atoms with Crippen molar-refractivity contribution in [1.82, 2.24) is 4.90 Å². The van der Waals surface area contributed by atoms with Crippen molar-refractivity contribution in [2.45, 2.75) is 45.8 Å². The second kappa shape index (κ2) is 11.0. The van der Waals surface area contributed by atoms with Crippen LogP contribution < -0.4 is 9.47 Å². The van der Waals surface area contributed by atoms with Gasteiger partial charge in [-0.05, 0) is 50.1 Å². The smallest absolute Gasteiger partial charge is 0.295 e. The third kappa shape index (κ3) is 5.54. The van der Waals surface area contributed by atoms with Gasteiger partial charge in [-0.3, -0.25) is 9.59 Å². The van der Waals surface area contributed by atoms with E-state index in [1.807, 2.05) is 20.8 Å². The van der Waals surface area contributed by atoms with E-state index in [0.717, 1.165) is 12.8 Å². The van der Waals surface area contributed by atoms with Crippen LogP contribution in [0.5, 0.6) is 11.5 Å². The van der Waals surface area contributed by atoms with Crippen LogP contribution in [0.25, 0.3) is 5.76 Å². The average molecular weight is 454 g/mol. The first kappa shape index (κ1) is 24.3. The highest BCUT2D eigenvalue weighted by Crippen LogP contribution is 2.40. The van der Waals surface area contributed by atoms with Crippen LogP contribution in [0.1, 0.15) is 50.8 Å². The Hall–Kier alpha value is -3.32. The Morgan fingerprint density at radius 2 is 1.82 bits per heavy atom. The molecule has 1 heterocycles. The van der Waals surface area contributed by atoms with E-state index in [4.69, 9.17) is 14.6 Å². The molecule has 1 aliphatic heterocycles. The molecule has 1 amide bonds. The number of benzene rings is 2. The number of unbranched alkanes of at least 4 members (excludes halogenated alkanes) is 1. The van der Waals surface area contributed by atoms with Crippen LogP contribution >= 0.6 is 0 Å². The quantitative estimate of drug-likeness (QED) is 0.320. The first-order chi connectivity index (χ1) is 15.9. The summed E-state index contributed by atoms with van der Waals surface area (Å²) in [6.45, 7) is 6.20. The van der Waals surface area contributed by atoms with E-state index in [1.54, 1.807) is 48.5 Å². The number of aliphatic hydroxyl groups is 2. The molecule has 0 bridgehead atoms. The summed E-state index contributed by atoms with van der Waals surface area (Å²) in [6, 6.07) is 13.1. The lowest BCUT2D eigenvalue weighted by molar-refractivity contribution is -0.139. The summed E-state index contributed by atoms with van der Waals surface area (Å²) in [7, 11) is 0. The Morgan fingerprint density at radius 1 is 1.09 bits per heavy atom. The first-order valence-corrected chi connectivity index (χ1v) is 11.3. The van der Waals surface area contributed by atoms with Gasteiger partial charge in [0, 0.05) is 12.1 Å². The average Bonchev–Trinajstić information content (AvgIpc) is 3.05. The molecular weight excluding hydrogens is 422 g/mol. The Balaban J connectivity index is 2.11. The largest absolute Gasteiger partial charge is 0.507 e. The predicted molar refractivity (Wildman–Crippen MR) is 125 cm³/mol. The number of rotatable bonds is 10. The first-order valence-electron chi connectivity index (χ1n) is 11.3. The van der Waals surface area contributed by atoms with Crippen LogP contribution in [0.15, 0.2) is 54.1 Å². The lowest BCUT2D eigenvalue weighted by atomic mass is 9.95. The highest BCUT2D eigenvalue weighted by atomic mass is 16.5. The van der Waals surface area contributed by atoms with Crippen LogP contribution in [-0.2, 0) is 9.59 Å².